The molecule has 0 atom stereocenters. The van der Waals surface area contributed by atoms with Gasteiger partial charge < -0.3 is 9.47 Å². The van der Waals surface area contributed by atoms with Gasteiger partial charge >= 0.3 is 0 Å². The van der Waals surface area contributed by atoms with Crippen LogP contribution in [0.25, 0.3) is 0 Å². The predicted molar refractivity (Wildman–Crippen MR) is 79.1 cm³/mol. The Bertz CT molecular complexity index is 214. The third-order valence-corrected chi connectivity index (χ3v) is 5.09. The van der Waals surface area contributed by atoms with Crippen LogP contribution in [0.2, 0.25) is 0 Å². The molecule has 112 valence electrons. The first kappa shape index (κ1) is 15.3. The lowest BCUT2D eigenvalue weighted by Gasteiger charge is -2.48. The molecular formula is C17H32O2. The van der Waals surface area contributed by atoms with Crippen LogP contribution < -0.4 is 0 Å². The van der Waals surface area contributed by atoms with Crippen LogP contribution in [0.1, 0.15) is 78.1 Å². The smallest absolute Gasteiger partial charge is 0.173 e. The van der Waals surface area contributed by atoms with E-state index in [1.54, 1.807) is 0 Å². The number of rotatable bonds is 6. The average molecular weight is 268 g/mol. The Kier molecular flexibility index (Phi) is 6.15. The van der Waals surface area contributed by atoms with E-state index >= 15 is 0 Å². The van der Waals surface area contributed by atoms with E-state index in [1.807, 2.05) is 0 Å². The number of ether oxygens (including phenoxy) is 2. The lowest BCUT2D eigenvalue weighted by atomic mass is 9.72. The van der Waals surface area contributed by atoms with Crippen molar-refractivity contribution in [3.8, 4) is 0 Å². The summed E-state index contributed by atoms with van der Waals surface area (Å²) in [6.45, 7) is 5.82. The molecule has 2 rings (SSSR count). The fourth-order valence-corrected chi connectivity index (χ4v) is 4.31. The van der Waals surface area contributed by atoms with Crippen molar-refractivity contribution >= 4 is 0 Å². The van der Waals surface area contributed by atoms with Gasteiger partial charge in [-0.25, -0.2) is 0 Å². The second-order valence-corrected chi connectivity index (χ2v) is 6.26. The normalized spacial score (nSPS) is 23.7. The Balaban J connectivity index is 2.16. The maximum atomic E-state index is 6.33. The van der Waals surface area contributed by atoms with Crippen LogP contribution in [0.15, 0.2) is 0 Å². The van der Waals surface area contributed by atoms with Crippen molar-refractivity contribution in [2.75, 3.05) is 13.2 Å². The predicted octanol–water partition coefficient (Wildman–Crippen LogP) is 4.92. The number of hydrogen-bond donors (Lipinski definition) is 0. The van der Waals surface area contributed by atoms with Gasteiger partial charge in [0.05, 0.1) is 0 Å². The molecule has 0 N–H and O–H groups in total. The zero-order valence-corrected chi connectivity index (χ0v) is 13.0. The zero-order valence-electron chi connectivity index (χ0n) is 13.0. The van der Waals surface area contributed by atoms with E-state index in [0.717, 1.165) is 13.2 Å². The Morgan fingerprint density at radius 3 is 1.37 bits per heavy atom. The van der Waals surface area contributed by atoms with Gasteiger partial charge in [0, 0.05) is 25.0 Å². The first-order chi connectivity index (χ1) is 9.33. The molecule has 2 aliphatic rings. The largest absolute Gasteiger partial charge is 0.350 e. The first-order valence-electron chi connectivity index (χ1n) is 8.61. The van der Waals surface area contributed by atoms with Gasteiger partial charge in [-0.2, -0.15) is 0 Å². The minimum Gasteiger partial charge on any atom is -0.350 e. The lowest BCUT2D eigenvalue weighted by molar-refractivity contribution is -0.301. The molecule has 0 saturated heterocycles. The van der Waals surface area contributed by atoms with E-state index in [4.69, 9.17) is 9.47 Å². The SMILES string of the molecule is CCOC(OCC)(C1CCCCC1)C1CCCCC1. The summed E-state index contributed by atoms with van der Waals surface area (Å²) in [6, 6.07) is 0. The zero-order chi connectivity index (χ0) is 13.6. The second kappa shape index (κ2) is 7.64. The molecule has 0 bridgehead atoms. The number of hydrogen-bond acceptors (Lipinski definition) is 2. The molecule has 2 saturated carbocycles. The van der Waals surface area contributed by atoms with Crippen molar-refractivity contribution in [3.05, 3.63) is 0 Å². The minimum atomic E-state index is -0.260. The van der Waals surface area contributed by atoms with Crippen LogP contribution in [0.3, 0.4) is 0 Å². The minimum absolute atomic E-state index is 0.260. The molecule has 0 unspecified atom stereocenters. The van der Waals surface area contributed by atoms with E-state index in [9.17, 15) is 0 Å². The Morgan fingerprint density at radius 1 is 0.684 bits per heavy atom. The van der Waals surface area contributed by atoms with Crippen molar-refractivity contribution < 1.29 is 9.47 Å². The highest BCUT2D eigenvalue weighted by Crippen LogP contribution is 2.45. The van der Waals surface area contributed by atoms with Gasteiger partial charge in [0.1, 0.15) is 0 Å². The molecule has 0 aromatic heterocycles. The summed E-state index contributed by atoms with van der Waals surface area (Å²) < 4.78 is 12.7. The first-order valence-corrected chi connectivity index (χ1v) is 8.61. The standard InChI is InChI=1S/C17H32O2/c1-3-18-17(19-4-2,15-11-7-5-8-12-15)16-13-9-6-10-14-16/h15-16H,3-14H2,1-2H3. The molecule has 2 fully saturated rings. The van der Waals surface area contributed by atoms with Crippen molar-refractivity contribution in [2.24, 2.45) is 11.8 Å². The molecule has 19 heavy (non-hydrogen) atoms. The molecule has 0 aromatic carbocycles. The van der Waals surface area contributed by atoms with Crippen LogP contribution in [0.4, 0.5) is 0 Å². The molecule has 2 heteroatoms. The van der Waals surface area contributed by atoms with Crippen molar-refractivity contribution in [3.63, 3.8) is 0 Å². The van der Waals surface area contributed by atoms with Crippen molar-refractivity contribution in [2.45, 2.75) is 83.8 Å². The topological polar surface area (TPSA) is 18.5 Å². The van der Waals surface area contributed by atoms with Gasteiger partial charge in [-0.15, -0.1) is 0 Å². The van der Waals surface area contributed by atoms with Gasteiger partial charge in [0.15, 0.2) is 5.79 Å². The Hall–Kier alpha value is -0.0800. The van der Waals surface area contributed by atoms with Crippen LogP contribution in [0.5, 0.6) is 0 Å². The van der Waals surface area contributed by atoms with Crippen LogP contribution in [-0.2, 0) is 9.47 Å². The van der Waals surface area contributed by atoms with Gasteiger partial charge in [0.25, 0.3) is 0 Å². The van der Waals surface area contributed by atoms with Gasteiger partial charge in [0.2, 0.25) is 0 Å². The molecule has 2 aliphatic carbocycles. The summed E-state index contributed by atoms with van der Waals surface area (Å²) in [5, 5.41) is 0. The molecule has 0 aliphatic heterocycles. The Morgan fingerprint density at radius 2 is 1.05 bits per heavy atom. The third kappa shape index (κ3) is 3.52. The maximum absolute atomic E-state index is 6.33. The maximum Gasteiger partial charge on any atom is 0.173 e. The van der Waals surface area contributed by atoms with Crippen LogP contribution >= 0.6 is 0 Å². The summed E-state index contributed by atoms with van der Waals surface area (Å²) in [5.74, 6) is 0.998. The molecule has 0 heterocycles. The molecule has 0 aromatic rings. The third-order valence-electron chi connectivity index (χ3n) is 5.09. The summed E-state index contributed by atoms with van der Waals surface area (Å²) in [5.41, 5.74) is 0. The van der Waals surface area contributed by atoms with Gasteiger partial charge in [-0.3, -0.25) is 0 Å². The quantitative estimate of drug-likeness (QED) is 0.637. The monoisotopic (exact) mass is 268 g/mol. The highest BCUT2D eigenvalue weighted by molar-refractivity contribution is 4.90. The summed E-state index contributed by atoms with van der Waals surface area (Å²) in [4.78, 5) is 0. The summed E-state index contributed by atoms with van der Waals surface area (Å²) in [6.07, 6.45) is 13.4. The summed E-state index contributed by atoms with van der Waals surface area (Å²) in [7, 11) is 0. The highest BCUT2D eigenvalue weighted by Gasteiger charge is 2.47. The highest BCUT2D eigenvalue weighted by atomic mass is 16.7. The molecular weight excluding hydrogens is 236 g/mol. The van der Waals surface area contributed by atoms with Gasteiger partial charge in [-0.1, -0.05) is 38.5 Å². The van der Waals surface area contributed by atoms with Crippen LogP contribution in [-0.4, -0.2) is 19.0 Å². The Labute approximate surface area is 119 Å². The molecule has 0 radical (unpaired) electrons. The van der Waals surface area contributed by atoms with Crippen molar-refractivity contribution in [1.29, 1.82) is 0 Å². The van der Waals surface area contributed by atoms with E-state index in [0.29, 0.717) is 11.8 Å². The van der Waals surface area contributed by atoms with E-state index in [2.05, 4.69) is 13.8 Å². The van der Waals surface area contributed by atoms with Gasteiger partial charge in [-0.05, 0) is 39.5 Å². The fraction of sp³-hybridized carbons (Fsp3) is 1.00. The average Bonchev–Trinajstić information content (AvgIpc) is 2.49. The van der Waals surface area contributed by atoms with E-state index in [-0.39, 0.29) is 5.79 Å². The molecule has 0 spiro atoms. The van der Waals surface area contributed by atoms with Crippen molar-refractivity contribution in [1.82, 2.24) is 0 Å². The van der Waals surface area contributed by atoms with E-state index in [1.165, 1.54) is 64.2 Å². The summed E-state index contributed by atoms with van der Waals surface area (Å²) >= 11 is 0. The van der Waals surface area contributed by atoms with E-state index < -0.39 is 0 Å². The van der Waals surface area contributed by atoms with Crippen LogP contribution in [0, 0.1) is 11.8 Å². The molecule has 2 nitrogen and oxygen atoms in total. The molecule has 0 amide bonds. The lowest BCUT2D eigenvalue weighted by Crippen LogP contribution is -2.51. The second-order valence-electron chi connectivity index (χ2n) is 6.26. The fourth-order valence-electron chi connectivity index (χ4n) is 4.31.